The number of amides is 2. The second-order valence-electron chi connectivity index (χ2n) is 7.77. The van der Waals surface area contributed by atoms with E-state index in [1.165, 1.54) is 0 Å². The van der Waals surface area contributed by atoms with Crippen LogP contribution in [0.25, 0.3) is 0 Å². The third-order valence-electron chi connectivity index (χ3n) is 6.20. The van der Waals surface area contributed by atoms with Gasteiger partial charge in [-0.1, -0.05) is 0 Å². The van der Waals surface area contributed by atoms with Gasteiger partial charge in [-0.25, -0.2) is 0 Å². The summed E-state index contributed by atoms with van der Waals surface area (Å²) in [6.45, 7) is 12.3. The molecule has 3 rings (SSSR count). The van der Waals surface area contributed by atoms with Crippen LogP contribution >= 0.6 is 0 Å². The largest absolute Gasteiger partial charge is 0.349 e. The van der Waals surface area contributed by atoms with E-state index in [1.54, 1.807) is 0 Å². The molecule has 0 saturated carbocycles. The minimum Gasteiger partial charge on any atom is -0.349 e. The van der Waals surface area contributed by atoms with Gasteiger partial charge in [-0.05, 0) is 53.0 Å². The molecule has 1 spiro atoms. The number of piperidine rings is 2. The van der Waals surface area contributed by atoms with E-state index in [9.17, 15) is 9.59 Å². The summed E-state index contributed by atoms with van der Waals surface area (Å²) in [6, 6.07) is 2.03. The lowest BCUT2D eigenvalue weighted by atomic mass is 9.73. The van der Waals surface area contributed by atoms with E-state index < -0.39 is 0 Å². The molecule has 0 radical (unpaired) electrons. The van der Waals surface area contributed by atoms with Crippen molar-refractivity contribution < 1.29 is 9.59 Å². The fourth-order valence-electron chi connectivity index (χ4n) is 4.78. The smallest absolute Gasteiger partial charge is 0.255 e. The standard InChI is InChI=1S/C20H31N3O2/c1-5-21-13-20(10-8-18(21)24)9-7-11-22(14-20)19(25)17-12-15(3)23(6-2)16(17)4/h12H,5-11,13-14H2,1-4H3/t20-/m1/s1. The van der Waals surface area contributed by atoms with Crippen molar-refractivity contribution in [3.8, 4) is 0 Å². The van der Waals surface area contributed by atoms with Gasteiger partial charge in [0.2, 0.25) is 5.91 Å². The normalized spacial score (nSPS) is 24.2. The van der Waals surface area contributed by atoms with Gasteiger partial charge in [0.1, 0.15) is 0 Å². The molecule has 0 aromatic carbocycles. The van der Waals surface area contributed by atoms with E-state index in [1.807, 2.05) is 29.7 Å². The van der Waals surface area contributed by atoms with E-state index in [4.69, 9.17) is 0 Å². The molecule has 0 unspecified atom stereocenters. The Bertz CT molecular complexity index is 679. The molecular formula is C20H31N3O2. The molecule has 0 N–H and O–H groups in total. The summed E-state index contributed by atoms with van der Waals surface area (Å²) in [7, 11) is 0. The van der Waals surface area contributed by atoms with Crippen LogP contribution in [0.1, 0.15) is 61.3 Å². The number of carbonyl (C=O) groups excluding carboxylic acids is 2. The minimum atomic E-state index is 0.0914. The zero-order valence-electron chi connectivity index (χ0n) is 16.1. The molecule has 2 aliphatic heterocycles. The molecule has 2 aliphatic rings. The van der Waals surface area contributed by atoms with Crippen molar-refractivity contribution in [3.05, 3.63) is 23.0 Å². The maximum atomic E-state index is 13.2. The first kappa shape index (κ1) is 18.0. The number of hydrogen-bond acceptors (Lipinski definition) is 2. The van der Waals surface area contributed by atoms with Crippen LogP contribution in [0, 0.1) is 19.3 Å². The van der Waals surface area contributed by atoms with Crippen LogP contribution in [0.4, 0.5) is 0 Å². The Hall–Kier alpha value is -1.78. The lowest BCUT2D eigenvalue weighted by Gasteiger charge is -2.48. The number of nitrogens with zero attached hydrogens (tertiary/aromatic N) is 3. The highest BCUT2D eigenvalue weighted by Crippen LogP contribution is 2.39. The Balaban J connectivity index is 1.79. The SMILES string of the molecule is CCN1C[C@@]2(CCCN(C(=O)c3cc(C)n(CC)c3C)C2)CCC1=O. The molecule has 1 atom stereocenters. The van der Waals surface area contributed by atoms with Gasteiger partial charge in [-0.15, -0.1) is 0 Å². The molecule has 3 heterocycles. The number of hydrogen-bond donors (Lipinski definition) is 0. The van der Waals surface area contributed by atoms with Crippen LogP contribution < -0.4 is 0 Å². The third-order valence-corrected chi connectivity index (χ3v) is 6.20. The maximum absolute atomic E-state index is 13.2. The number of rotatable bonds is 3. The molecule has 2 fully saturated rings. The number of aryl methyl sites for hydroxylation is 1. The fraction of sp³-hybridized carbons (Fsp3) is 0.700. The van der Waals surface area contributed by atoms with Gasteiger partial charge in [0, 0.05) is 55.9 Å². The summed E-state index contributed by atoms with van der Waals surface area (Å²) in [5.74, 6) is 0.426. The molecule has 0 aliphatic carbocycles. The minimum absolute atomic E-state index is 0.0914. The molecule has 1 aromatic rings. The molecule has 2 amide bonds. The quantitative estimate of drug-likeness (QED) is 0.845. The van der Waals surface area contributed by atoms with E-state index in [0.29, 0.717) is 6.42 Å². The summed E-state index contributed by atoms with van der Waals surface area (Å²) in [5.41, 5.74) is 3.15. The van der Waals surface area contributed by atoms with Crippen LogP contribution in [0.2, 0.25) is 0 Å². The molecule has 1 aromatic heterocycles. The topological polar surface area (TPSA) is 45.5 Å². The number of carbonyl (C=O) groups is 2. The van der Waals surface area contributed by atoms with Gasteiger partial charge >= 0.3 is 0 Å². The monoisotopic (exact) mass is 345 g/mol. The van der Waals surface area contributed by atoms with Gasteiger partial charge in [0.15, 0.2) is 0 Å². The first-order valence-corrected chi connectivity index (χ1v) is 9.64. The predicted molar refractivity (Wildman–Crippen MR) is 98.6 cm³/mol. The van der Waals surface area contributed by atoms with Gasteiger partial charge in [0.25, 0.3) is 5.91 Å². The highest BCUT2D eigenvalue weighted by molar-refractivity contribution is 5.96. The van der Waals surface area contributed by atoms with Crippen LogP contribution in [-0.2, 0) is 11.3 Å². The Morgan fingerprint density at radius 1 is 1.16 bits per heavy atom. The summed E-state index contributed by atoms with van der Waals surface area (Å²) in [4.78, 5) is 29.2. The van der Waals surface area contributed by atoms with Crippen molar-refractivity contribution in [1.82, 2.24) is 14.4 Å². The van der Waals surface area contributed by atoms with Crippen molar-refractivity contribution in [2.24, 2.45) is 5.41 Å². The Kier molecular flexibility index (Phi) is 4.94. The highest BCUT2D eigenvalue weighted by atomic mass is 16.2. The van der Waals surface area contributed by atoms with Gasteiger partial charge in [-0.3, -0.25) is 9.59 Å². The zero-order chi connectivity index (χ0) is 18.2. The molecule has 138 valence electrons. The molecule has 5 heteroatoms. The number of aromatic nitrogens is 1. The van der Waals surface area contributed by atoms with Crippen molar-refractivity contribution in [3.63, 3.8) is 0 Å². The maximum Gasteiger partial charge on any atom is 0.255 e. The van der Waals surface area contributed by atoms with Crippen LogP contribution in [0.3, 0.4) is 0 Å². The summed E-state index contributed by atoms with van der Waals surface area (Å²) in [5, 5.41) is 0. The predicted octanol–water partition coefficient (Wildman–Crippen LogP) is 2.99. The second-order valence-corrected chi connectivity index (χ2v) is 7.77. The summed E-state index contributed by atoms with van der Waals surface area (Å²) < 4.78 is 2.20. The molecular weight excluding hydrogens is 314 g/mol. The Labute approximate surface area is 151 Å². The molecule has 0 bridgehead atoms. The van der Waals surface area contributed by atoms with E-state index in [-0.39, 0.29) is 17.2 Å². The molecule has 25 heavy (non-hydrogen) atoms. The average Bonchev–Trinajstić information content (AvgIpc) is 2.90. The Morgan fingerprint density at radius 3 is 2.56 bits per heavy atom. The average molecular weight is 345 g/mol. The van der Waals surface area contributed by atoms with E-state index in [2.05, 4.69) is 18.4 Å². The van der Waals surface area contributed by atoms with Crippen LogP contribution in [0.15, 0.2) is 6.07 Å². The molecule has 5 nitrogen and oxygen atoms in total. The first-order valence-electron chi connectivity index (χ1n) is 9.64. The summed E-state index contributed by atoms with van der Waals surface area (Å²) >= 11 is 0. The zero-order valence-corrected chi connectivity index (χ0v) is 16.1. The fourth-order valence-corrected chi connectivity index (χ4v) is 4.78. The van der Waals surface area contributed by atoms with Gasteiger partial charge in [0.05, 0.1) is 5.56 Å². The lowest BCUT2D eigenvalue weighted by Crippen LogP contribution is -2.55. The van der Waals surface area contributed by atoms with Crippen molar-refractivity contribution in [2.75, 3.05) is 26.2 Å². The van der Waals surface area contributed by atoms with Gasteiger partial charge < -0.3 is 14.4 Å². The van der Waals surface area contributed by atoms with E-state index >= 15 is 0 Å². The van der Waals surface area contributed by atoms with Crippen molar-refractivity contribution in [2.45, 2.75) is 59.9 Å². The summed E-state index contributed by atoms with van der Waals surface area (Å²) in [6.07, 6.45) is 3.69. The van der Waals surface area contributed by atoms with E-state index in [0.717, 1.165) is 68.9 Å². The second kappa shape index (κ2) is 6.85. The van der Waals surface area contributed by atoms with Crippen molar-refractivity contribution >= 4 is 11.8 Å². The lowest BCUT2D eigenvalue weighted by molar-refractivity contribution is -0.138. The van der Waals surface area contributed by atoms with Crippen LogP contribution in [0.5, 0.6) is 0 Å². The number of likely N-dealkylation sites (tertiary alicyclic amines) is 2. The van der Waals surface area contributed by atoms with Crippen molar-refractivity contribution in [1.29, 1.82) is 0 Å². The third kappa shape index (κ3) is 3.21. The first-order chi connectivity index (χ1) is 11.9. The molecule has 2 saturated heterocycles. The highest BCUT2D eigenvalue weighted by Gasteiger charge is 2.42. The van der Waals surface area contributed by atoms with Gasteiger partial charge in [-0.2, -0.15) is 0 Å². The van der Waals surface area contributed by atoms with Crippen LogP contribution in [-0.4, -0.2) is 52.4 Å². The Morgan fingerprint density at radius 2 is 1.92 bits per heavy atom.